The van der Waals surface area contributed by atoms with Crippen LogP contribution in [0.4, 0.5) is 0 Å². The highest BCUT2D eigenvalue weighted by molar-refractivity contribution is 6.41. The van der Waals surface area contributed by atoms with E-state index in [1.807, 2.05) is 0 Å². The zero-order valence-corrected chi connectivity index (χ0v) is 11.1. The Kier molecular flexibility index (Phi) is 4.05. The van der Waals surface area contributed by atoms with Gasteiger partial charge in [0.25, 0.3) is 5.91 Å². The molecule has 1 aromatic rings. The fourth-order valence-electron chi connectivity index (χ4n) is 1.71. The van der Waals surface area contributed by atoms with Crippen molar-refractivity contribution in [2.24, 2.45) is 0 Å². The van der Waals surface area contributed by atoms with Crippen LogP contribution in [0.25, 0.3) is 0 Å². The van der Waals surface area contributed by atoms with Crippen LogP contribution < -0.4 is 0 Å². The molecule has 0 spiro atoms. The van der Waals surface area contributed by atoms with Crippen molar-refractivity contribution in [2.45, 2.75) is 25.3 Å². The molecule has 4 nitrogen and oxygen atoms in total. The molecule has 0 radical (unpaired) electrons. The summed E-state index contributed by atoms with van der Waals surface area (Å²) < 4.78 is 0. The second-order valence-electron chi connectivity index (χ2n) is 4.13. The Morgan fingerprint density at radius 2 is 2.28 bits per heavy atom. The van der Waals surface area contributed by atoms with Crippen molar-refractivity contribution < 1.29 is 4.79 Å². The molecule has 1 amide bonds. The summed E-state index contributed by atoms with van der Waals surface area (Å²) in [6.07, 6.45) is 3.73. The van der Waals surface area contributed by atoms with Crippen LogP contribution in [-0.4, -0.2) is 28.4 Å². The number of rotatable bonds is 4. The number of aromatic nitrogens is 1. The van der Waals surface area contributed by atoms with E-state index in [1.54, 1.807) is 4.90 Å². The van der Waals surface area contributed by atoms with Gasteiger partial charge in [0.05, 0.1) is 23.1 Å². The van der Waals surface area contributed by atoms with Gasteiger partial charge >= 0.3 is 0 Å². The second kappa shape index (κ2) is 5.55. The standard InChI is InChI=1S/C12H11Cl2N3O/c13-10-6-8(7-16-11(10)14)12(18)17(5-1-4-15)9-2-3-9/h6-7,9H,1-3,5H2. The lowest BCUT2D eigenvalue weighted by molar-refractivity contribution is 0.0746. The Morgan fingerprint density at radius 3 is 2.83 bits per heavy atom. The van der Waals surface area contributed by atoms with Crippen LogP contribution in [0.15, 0.2) is 12.3 Å². The first-order valence-corrected chi connectivity index (χ1v) is 6.38. The molecule has 1 saturated carbocycles. The monoisotopic (exact) mass is 283 g/mol. The molecular formula is C12H11Cl2N3O. The van der Waals surface area contributed by atoms with Gasteiger partial charge in [-0.1, -0.05) is 23.2 Å². The van der Waals surface area contributed by atoms with E-state index in [9.17, 15) is 4.79 Å². The van der Waals surface area contributed by atoms with Crippen molar-refractivity contribution in [3.05, 3.63) is 28.0 Å². The lowest BCUT2D eigenvalue weighted by atomic mass is 10.2. The third-order valence-electron chi connectivity index (χ3n) is 2.76. The van der Waals surface area contributed by atoms with Gasteiger partial charge in [0.1, 0.15) is 5.15 Å². The van der Waals surface area contributed by atoms with Crippen molar-refractivity contribution in [2.75, 3.05) is 6.54 Å². The molecular weight excluding hydrogens is 273 g/mol. The highest BCUT2D eigenvalue weighted by Gasteiger charge is 2.32. The van der Waals surface area contributed by atoms with E-state index < -0.39 is 0 Å². The molecule has 0 aliphatic heterocycles. The molecule has 0 unspecified atom stereocenters. The number of halogens is 2. The zero-order valence-electron chi connectivity index (χ0n) is 9.57. The number of nitriles is 1. The van der Waals surface area contributed by atoms with Gasteiger partial charge in [-0.05, 0) is 18.9 Å². The molecule has 18 heavy (non-hydrogen) atoms. The van der Waals surface area contributed by atoms with E-state index in [2.05, 4.69) is 11.1 Å². The third kappa shape index (κ3) is 2.92. The van der Waals surface area contributed by atoms with Gasteiger partial charge < -0.3 is 4.90 Å². The molecule has 1 aliphatic carbocycles. The van der Waals surface area contributed by atoms with Crippen LogP contribution in [0.5, 0.6) is 0 Å². The molecule has 1 aromatic heterocycles. The van der Waals surface area contributed by atoms with E-state index in [4.69, 9.17) is 28.5 Å². The molecule has 1 fully saturated rings. The fraction of sp³-hybridized carbons (Fsp3) is 0.417. The van der Waals surface area contributed by atoms with Gasteiger partial charge in [-0.15, -0.1) is 0 Å². The second-order valence-corrected chi connectivity index (χ2v) is 4.90. The normalized spacial score (nSPS) is 14.1. The number of carbonyl (C=O) groups is 1. The zero-order chi connectivity index (χ0) is 13.1. The van der Waals surface area contributed by atoms with E-state index >= 15 is 0 Å². The number of hydrogen-bond acceptors (Lipinski definition) is 3. The molecule has 0 N–H and O–H groups in total. The van der Waals surface area contributed by atoms with Crippen molar-refractivity contribution in [1.82, 2.24) is 9.88 Å². The summed E-state index contributed by atoms with van der Waals surface area (Å²) >= 11 is 11.6. The predicted octanol–water partition coefficient (Wildman–Crippen LogP) is 2.91. The van der Waals surface area contributed by atoms with Crippen molar-refractivity contribution in [1.29, 1.82) is 5.26 Å². The minimum absolute atomic E-state index is 0.140. The van der Waals surface area contributed by atoms with Crippen molar-refractivity contribution in [3.8, 4) is 6.07 Å². The topological polar surface area (TPSA) is 57.0 Å². The van der Waals surface area contributed by atoms with Gasteiger partial charge in [-0.3, -0.25) is 4.79 Å². The summed E-state index contributed by atoms with van der Waals surface area (Å²) in [5, 5.41) is 9.06. The van der Waals surface area contributed by atoms with E-state index in [0.29, 0.717) is 18.5 Å². The first-order chi connectivity index (χ1) is 8.63. The minimum Gasteiger partial charge on any atom is -0.335 e. The molecule has 0 atom stereocenters. The van der Waals surface area contributed by atoms with E-state index in [0.717, 1.165) is 12.8 Å². The molecule has 0 saturated heterocycles. The van der Waals surface area contributed by atoms with Gasteiger partial charge in [0, 0.05) is 18.8 Å². The summed E-state index contributed by atoms with van der Waals surface area (Å²) in [6, 6.07) is 3.82. The summed E-state index contributed by atoms with van der Waals surface area (Å²) in [6.45, 7) is 0.445. The number of carbonyl (C=O) groups excluding carboxylic acids is 1. The summed E-state index contributed by atoms with van der Waals surface area (Å²) in [7, 11) is 0. The highest BCUT2D eigenvalue weighted by atomic mass is 35.5. The number of nitrogens with zero attached hydrogens (tertiary/aromatic N) is 3. The van der Waals surface area contributed by atoms with E-state index in [-0.39, 0.29) is 22.1 Å². The summed E-state index contributed by atoms with van der Waals surface area (Å²) in [5.41, 5.74) is 0.411. The number of hydrogen-bond donors (Lipinski definition) is 0. The van der Waals surface area contributed by atoms with Gasteiger partial charge in [0.2, 0.25) is 0 Å². The first-order valence-electron chi connectivity index (χ1n) is 5.62. The summed E-state index contributed by atoms with van der Waals surface area (Å²) in [4.78, 5) is 17.8. The molecule has 1 aliphatic rings. The number of pyridine rings is 1. The molecule has 2 rings (SSSR count). The molecule has 1 heterocycles. The molecule has 94 valence electrons. The van der Waals surface area contributed by atoms with Gasteiger partial charge in [0.15, 0.2) is 0 Å². The van der Waals surface area contributed by atoms with Crippen molar-refractivity contribution >= 4 is 29.1 Å². The van der Waals surface area contributed by atoms with Crippen LogP contribution in [-0.2, 0) is 0 Å². The Bertz CT molecular complexity index is 509. The molecule has 0 bridgehead atoms. The lowest BCUT2D eigenvalue weighted by Gasteiger charge is -2.21. The van der Waals surface area contributed by atoms with E-state index in [1.165, 1.54) is 12.3 Å². The Labute approximate surface area is 115 Å². The third-order valence-corrected chi connectivity index (χ3v) is 3.44. The largest absolute Gasteiger partial charge is 0.335 e. The Balaban J connectivity index is 2.17. The highest BCUT2D eigenvalue weighted by Crippen LogP contribution is 2.29. The average Bonchev–Trinajstić information content (AvgIpc) is 3.17. The lowest BCUT2D eigenvalue weighted by Crippen LogP contribution is -2.34. The van der Waals surface area contributed by atoms with Crippen LogP contribution in [0.2, 0.25) is 10.2 Å². The smallest absolute Gasteiger partial charge is 0.255 e. The first kappa shape index (κ1) is 13.1. The Hall–Kier alpha value is -1.31. The fourth-order valence-corrected chi connectivity index (χ4v) is 1.98. The van der Waals surface area contributed by atoms with Crippen LogP contribution >= 0.6 is 23.2 Å². The minimum atomic E-state index is -0.140. The van der Waals surface area contributed by atoms with Crippen LogP contribution in [0.1, 0.15) is 29.6 Å². The maximum atomic E-state index is 12.3. The molecule has 6 heteroatoms. The quantitative estimate of drug-likeness (QED) is 0.799. The van der Waals surface area contributed by atoms with Crippen LogP contribution in [0, 0.1) is 11.3 Å². The van der Waals surface area contributed by atoms with Gasteiger partial charge in [-0.25, -0.2) is 4.98 Å². The molecule has 0 aromatic carbocycles. The maximum absolute atomic E-state index is 12.3. The Morgan fingerprint density at radius 1 is 1.56 bits per heavy atom. The van der Waals surface area contributed by atoms with Gasteiger partial charge in [-0.2, -0.15) is 5.26 Å². The number of amides is 1. The average molecular weight is 284 g/mol. The predicted molar refractivity (Wildman–Crippen MR) is 68.5 cm³/mol. The SMILES string of the molecule is N#CCCN(C(=O)c1cnc(Cl)c(Cl)c1)C1CC1. The summed E-state index contributed by atoms with van der Waals surface area (Å²) in [5.74, 6) is -0.140. The maximum Gasteiger partial charge on any atom is 0.255 e. The van der Waals surface area contributed by atoms with Crippen molar-refractivity contribution in [3.63, 3.8) is 0 Å². The van der Waals surface area contributed by atoms with Crippen LogP contribution in [0.3, 0.4) is 0 Å².